The second-order valence-corrected chi connectivity index (χ2v) is 6.47. The smallest absolute Gasteiger partial charge is 0.0349 e. The highest BCUT2D eigenvalue weighted by molar-refractivity contribution is 7.17. The molecule has 0 saturated heterocycles. The lowest BCUT2D eigenvalue weighted by molar-refractivity contribution is 1.47. The Balaban J connectivity index is 2.00. The summed E-state index contributed by atoms with van der Waals surface area (Å²) in [4.78, 5) is 0. The first-order chi connectivity index (χ1) is 10.8. The molecule has 0 spiro atoms. The van der Waals surface area contributed by atoms with Crippen LogP contribution in [0.3, 0.4) is 0 Å². The van der Waals surface area contributed by atoms with E-state index < -0.39 is 0 Å². The quantitative estimate of drug-likeness (QED) is 0.394. The zero-order chi connectivity index (χ0) is 14.9. The van der Waals surface area contributed by atoms with E-state index >= 15 is 0 Å². The van der Waals surface area contributed by atoms with Gasteiger partial charge in [-0.3, -0.25) is 0 Å². The van der Waals surface area contributed by atoms with E-state index in [1.165, 1.54) is 37.9 Å². The van der Waals surface area contributed by atoms with Gasteiger partial charge in [0.1, 0.15) is 0 Å². The lowest BCUT2D eigenvalue weighted by Gasteiger charge is -2.11. The van der Waals surface area contributed by atoms with Gasteiger partial charge in [-0.05, 0) is 35.1 Å². The molecule has 0 aliphatic rings. The van der Waals surface area contributed by atoms with Crippen molar-refractivity contribution < 1.29 is 0 Å². The van der Waals surface area contributed by atoms with Crippen LogP contribution in [0.15, 0.2) is 78.2 Å². The lowest BCUT2D eigenvalue weighted by atomic mass is 9.93. The van der Waals surface area contributed by atoms with E-state index in [4.69, 9.17) is 0 Å². The topological polar surface area (TPSA) is 0 Å². The zero-order valence-corrected chi connectivity index (χ0v) is 13.2. The third kappa shape index (κ3) is 2.24. The van der Waals surface area contributed by atoms with E-state index in [2.05, 4.69) is 85.1 Å². The predicted molar refractivity (Wildman–Crippen MR) is 97.4 cm³/mol. The lowest BCUT2D eigenvalue weighted by Crippen LogP contribution is -1.86. The van der Waals surface area contributed by atoms with E-state index in [1.54, 1.807) is 0 Å². The van der Waals surface area contributed by atoms with Crippen LogP contribution in [0.25, 0.3) is 32.3 Å². The maximum Gasteiger partial charge on any atom is 0.0349 e. The first kappa shape index (κ1) is 13.3. The van der Waals surface area contributed by atoms with Gasteiger partial charge >= 0.3 is 0 Å². The molecule has 0 nitrogen and oxygen atoms in total. The molecule has 0 aliphatic heterocycles. The summed E-state index contributed by atoms with van der Waals surface area (Å²) in [5.74, 6) is 0. The Labute approximate surface area is 134 Å². The van der Waals surface area contributed by atoms with Crippen LogP contribution in [-0.2, 0) is 0 Å². The van der Waals surface area contributed by atoms with Gasteiger partial charge in [0.25, 0.3) is 0 Å². The molecule has 4 rings (SSSR count). The molecule has 0 saturated carbocycles. The molecule has 22 heavy (non-hydrogen) atoms. The molecule has 1 heterocycles. The van der Waals surface area contributed by atoms with Crippen molar-refractivity contribution in [3.8, 4) is 22.3 Å². The van der Waals surface area contributed by atoms with Gasteiger partial charge < -0.3 is 0 Å². The Bertz CT molecular complexity index is 932. The molecule has 0 N–H and O–H groups in total. The first-order valence-corrected chi connectivity index (χ1v) is 8.33. The van der Waals surface area contributed by atoms with E-state index in [-0.39, 0.29) is 0 Å². The third-order valence-electron chi connectivity index (χ3n) is 4.03. The van der Waals surface area contributed by atoms with Crippen LogP contribution in [0.2, 0.25) is 0 Å². The Hall–Kier alpha value is -2.38. The van der Waals surface area contributed by atoms with E-state index in [1.807, 2.05) is 11.3 Å². The monoisotopic (exact) mass is 300 g/mol. The summed E-state index contributed by atoms with van der Waals surface area (Å²) in [6, 6.07) is 26.0. The fourth-order valence-electron chi connectivity index (χ4n) is 2.94. The first-order valence-electron chi connectivity index (χ1n) is 7.45. The third-order valence-corrected chi connectivity index (χ3v) is 4.99. The van der Waals surface area contributed by atoms with Gasteiger partial charge in [0.05, 0.1) is 0 Å². The molecule has 0 atom stereocenters. The Kier molecular flexibility index (Phi) is 3.28. The van der Waals surface area contributed by atoms with Crippen LogP contribution in [-0.4, -0.2) is 0 Å². The number of thiophene rings is 1. The van der Waals surface area contributed by atoms with Crippen molar-refractivity contribution in [2.75, 3.05) is 0 Å². The normalized spacial score (nSPS) is 11.0. The molecule has 0 bridgehead atoms. The van der Waals surface area contributed by atoms with Crippen molar-refractivity contribution in [3.05, 3.63) is 83.7 Å². The second-order valence-electron chi connectivity index (χ2n) is 5.56. The fourth-order valence-corrected chi connectivity index (χ4v) is 3.90. The number of hydrogen-bond acceptors (Lipinski definition) is 1. The highest BCUT2D eigenvalue weighted by Crippen LogP contribution is 2.39. The molecular weight excluding hydrogens is 284 g/mol. The fraction of sp³-hybridized carbons (Fsp3) is 0.0476. The molecule has 106 valence electrons. The zero-order valence-electron chi connectivity index (χ0n) is 12.4. The minimum Gasteiger partial charge on any atom is -0.143 e. The summed E-state index contributed by atoms with van der Waals surface area (Å²) < 4.78 is 1.35. The minimum atomic E-state index is 1.27. The van der Waals surface area contributed by atoms with Gasteiger partial charge in [-0.15, -0.1) is 11.3 Å². The summed E-state index contributed by atoms with van der Waals surface area (Å²) in [6.07, 6.45) is 0. The summed E-state index contributed by atoms with van der Waals surface area (Å²) in [5, 5.41) is 3.63. The van der Waals surface area contributed by atoms with Gasteiger partial charge in [0.2, 0.25) is 0 Å². The molecule has 3 aromatic carbocycles. The summed E-state index contributed by atoms with van der Waals surface area (Å²) >= 11 is 1.82. The number of rotatable bonds is 2. The summed E-state index contributed by atoms with van der Waals surface area (Å²) in [6.45, 7) is 2.16. The Morgan fingerprint density at radius 1 is 0.682 bits per heavy atom. The van der Waals surface area contributed by atoms with Crippen LogP contribution in [0, 0.1) is 6.92 Å². The molecule has 4 aromatic rings. The van der Waals surface area contributed by atoms with Crippen LogP contribution >= 0.6 is 11.3 Å². The maximum absolute atomic E-state index is 2.30. The average molecular weight is 300 g/mol. The number of benzene rings is 3. The molecule has 1 aromatic heterocycles. The Morgan fingerprint density at radius 3 is 2.32 bits per heavy atom. The van der Waals surface area contributed by atoms with Crippen molar-refractivity contribution in [1.29, 1.82) is 0 Å². The molecular formula is C21H16S. The molecule has 0 amide bonds. The largest absolute Gasteiger partial charge is 0.143 e. The van der Waals surface area contributed by atoms with E-state index in [0.717, 1.165) is 0 Å². The van der Waals surface area contributed by atoms with Crippen LogP contribution in [0.4, 0.5) is 0 Å². The van der Waals surface area contributed by atoms with Gasteiger partial charge in [-0.2, -0.15) is 0 Å². The van der Waals surface area contributed by atoms with Crippen molar-refractivity contribution in [3.63, 3.8) is 0 Å². The minimum absolute atomic E-state index is 1.27. The summed E-state index contributed by atoms with van der Waals surface area (Å²) in [5.41, 5.74) is 6.53. The van der Waals surface area contributed by atoms with Crippen molar-refractivity contribution in [2.24, 2.45) is 0 Å². The van der Waals surface area contributed by atoms with Crippen LogP contribution in [0.5, 0.6) is 0 Å². The number of aryl methyl sites for hydroxylation is 1. The van der Waals surface area contributed by atoms with E-state index in [9.17, 15) is 0 Å². The van der Waals surface area contributed by atoms with Gasteiger partial charge in [-0.25, -0.2) is 0 Å². The highest BCUT2D eigenvalue weighted by atomic mass is 32.1. The van der Waals surface area contributed by atoms with Gasteiger partial charge in [0.15, 0.2) is 0 Å². The number of hydrogen-bond donors (Lipinski definition) is 0. The van der Waals surface area contributed by atoms with E-state index in [0.29, 0.717) is 0 Å². The maximum atomic E-state index is 2.30. The van der Waals surface area contributed by atoms with Crippen molar-refractivity contribution >= 4 is 21.4 Å². The average Bonchev–Trinajstić information content (AvgIpc) is 2.99. The standard InChI is InChI=1S/C21H16S/c1-15-11-12-17(16-7-3-2-4-8-16)19(13-15)20-14-22-21-10-6-5-9-18(20)21/h2-14H,1H3. The molecule has 0 fully saturated rings. The molecule has 0 unspecified atom stereocenters. The van der Waals surface area contributed by atoms with Crippen molar-refractivity contribution in [1.82, 2.24) is 0 Å². The number of fused-ring (bicyclic) bond motifs is 1. The van der Waals surface area contributed by atoms with Crippen molar-refractivity contribution in [2.45, 2.75) is 6.92 Å². The van der Waals surface area contributed by atoms with Crippen LogP contribution < -0.4 is 0 Å². The molecule has 1 heteroatoms. The Morgan fingerprint density at radius 2 is 1.45 bits per heavy atom. The van der Waals surface area contributed by atoms with Crippen LogP contribution in [0.1, 0.15) is 5.56 Å². The molecule has 0 aliphatic carbocycles. The summed E-state index contributed by atoms with van der Waals surface area (Å²) in [7, 11) is 0. The van der Waals surface area contributed by atoms with Gasteiger partial charge in [-0.1, -0.05) is 72.3 Å². The second kappa shape index (κ2) is 5.43. The highest BCUT2D eigenvalue weighted by Gasteiger charge is 2.11. The predicted octanol–water partition coefficient (Wildman–Crippen LogP) is 6.54. The van der Waals surface area contributed by atoms with Gasteiger partial charge in [0, 0.05) is 15.6 Å². The molecule has 0 radical (unpaired) electrons. The SMILES string of the molecule is Cc1ccc(-c2ccccc2)c(-c2csc3ccccc23)c1.